The van der Waals surface area contributed by atoms with Crippen molar-refractivity contribution in [2.24, 2.45) is 0 Å². The van der Waals surface area contributed by atoms with Crippen molar-refractivity contribution in [1.82, 2.24) is 10.0 Å². The van der Waals surface area contributed by atoms with Crippen LogP contribution in [0.4, 0.5) is 0 Å². The second kappa shape index (κ2) is 13.2. The van der Waals surface area contributed by atoms with Crippen LogP contribution in [-0.4, -0.2) is 38.8 Å². The van der Waals surface area contributed by atoms with E-state index in [1.807, 2.05) is 36.4 Å². The van der Waals surface area contributed by atoms with E-state index in [1.54, 1.807) is 6.07 Å². The zero-order valence-corrected chi connectivity index (χ0v) is 22.7. The van der Waals surface area contributed by atoms with Gasteiger partial charge in [-0.2, -0.15) is 0 Å². The fourth-order valence-electron chi connectivity index (χ4n) is 4.88. The predicted molar refractivity (Wildman–Crippen MR) is 151 cm³/mol. The van der Waals surface area contributed by atoms with Crippen molar-refractivity contribution in [1.29, 1.82) is 0 Å². The van der Waals surface area contributed by atoms with Gasteiger partial charge in [-0.05, 0) is 65.6 Å². The first-order valence-corrected chi connectivity index (χ1v) is 14.4. The van der Waals surface area contributed by atoms with Gasteiger partial charge >= 0.3 is 0 Å². The van der Waals surface area contributed by atoms with Gasteiger partial charge < -0.3 is 10.4 Å². The van der Waals surface area contributed by atoms with E-state index < -0.39 is 22.0 Å². The van der Waals surface area contributed by atoms with Crippen LogP contribution in [0.15, 0.2) is 72.8 Å². The van der Waals surface area contributed by atoms with Crippen LogP contribution < -0.4 is 10.0 Å². The van der Waals surface area contributed by atoms with Gasteiger partial charge in [0.1, 0.15) is 0 Å². The summed E-state index contributed by atoms with van der Waals surface area (Å²) in [4.78, 5) is 12.7. The lowest BCUT2D eigenvalue weighted by Gasteiger charge is -2.17. The number of amides is 1. The van der Waals surface area contributed by atoms with Crippen LogP contribution in [0.2, 0.25) is 0 Å². The Bertz CT molecular complexity index is 1280. The van der Waals surface area contributed by atoms with Crippen molar-refractivity contribution < 1.29 is 18.3 Å². The molecule has 0 spiro atoms. The summed E-state index contributed by atoms with van der Waals surface area (Å²) in [6, 6.07) is 23.7. The number of hydrogen-bond acceptors (Lipinski definition) is 5. The molecule has 37 heavy (non-hydrogen) atoms. The van der Waals surface area contributed by atoms with Crippen LogP contribution in [0.25, 0.3) is 11.1 Å². The van der Waals surface area contributed by atoms with Crippen LogP contribution in [0, 0.1) is 0 Å². The summed E-state index contributed by atoms with van der Waals surface area (Å²) in [6.07, 6.45) is 5.57. The van der Waals surface area contributed by atoms with Crippen LogP contribution in [0.5, 0.6) is 0 Å². The standard InChI is InChI=1S/C29H34N2O4S.ClH/c1-36(34,35)31-29(33)26-16-15-25(19-27(26)23-7-5-6-8-23)22-13-11-21(12-14-22)17-18-30-20-28(32)24-9-3-2-4-10-24;/h2-4,9-16,19,23,28,30,32H,5-8,17-18,20H2,1H3,(H,31,33);1H/t28-;/m0./s1. The number of benzene rings is 3. The second-order valence-corrected chi connectivity index (χ2v) is 11.3. The summed E-state index contributed by atoms with van der Waals surface area (Å²) in [7, 11) is -3.63. The van der Waals surface area contributed by atoms with Crippen molar-refractivity contribution in [3.8, 4) is 11.1 Å². The fourth-order valence-corrected chi connectivity index (χ4v) is 5.32. The van der Waals surface area contributed by atoms with Crippen molar-refractivity contribution in [3.05, 3.63) is 95.1 Å². The number of hydrogen-bond donors (Lipinski definition) is 3. The molecule has 0 unspecified atom stereocenters. The highest BCUT2D eigenvalue weighted by Crippen LogP contribution is 2.38. The molecule has 8 heteroatoms. The molecular weight excluding hydrogens is 508 g/mol. The van der Waals surface area contributed by atoms with Gasteiger partial charge in [-0.15, -0.1) is 12.4 Å². The van der Waals surface area contributed by atoms with Gasteiger partial charge in [0, 0.05) is 12.1 Å². The zero-order chi connectivity index (χ0) is 25.5. The molecule has 0 aromatic heterocycles. The first kappa shape index (κ1) is 28.9. The van der Waals surface area contributed by atoms with Gasteiger partial charge in [0.25, 0.3) is 5.91 Å². The highest BCUT2D eigenvalue weighted by atomic mass is 35.5. The van der Waals surface area contributed by atoms with E-state index in [0.29, 0.717) is 12.1 Å². The number of sulfonamides is 1. The zero-order valence-electron chi connectivity index (χ0n) is 21.0. The lowest BCUT2D eigenvalue weighted by molar-refractivity contribution is 0.0980. The third-order valence-corrected chi connectivity index (χ3v) is 7.33. The molecule has 0 aliphatic heterocycles. The third kappa shape index (κ3) is 8.14. The summed E-state index contributed by atoms with van der Waals surface area (Å²) in [5.41, 5.74) is 5.55. The highest BCUT2D eigenvalue weighted by molar-refractivity contribution is 7.89. The van der Waals surface area contributed by atoms with Gasteiger partial charge in [0.2, 0.25) is 10.0 Å². The number of carbonyl (C=O) groups excluding carboxylic acids is 1. The first-order valence-electron chi connectivity index (χ1n) is 12.5. The smallest absolute Gasteiger partial charge is 0.265 e. The number of aliphatic hydroxyl groups is 1. The Morgan fingerprint density at radius 2 is 1.62 bits per heavy atom. The summed E-state index contributed by atoms with van der Waals surface area (Å²) < 4.78 is 25.3. The van der Waals surface area contributed by atoms with Crippen molar-refractivity contribution in [3.63, 3.8) is 0 Å². The molecular formula is C29H35ClN2O4S. The lowest BCUT2D eigenvalue weighted by atomic mass is 9.89. The molecule has 0 heterocycles. The second-order valence-electron chi connectivity index (χ2n) is 9.56. The van der Waals surface area contributed by atoms with E-state index in [0.717, 1.165) is 67.2 Å². The average Bonchev–Trinajstić information content (AvgIpc) is 3.41. The number of aliphatic hydroxyl groups excluding tert-OH is 1. The SMILES string of the molecule is CS(=O)(=O)NC(=O)c1ccc(-c2ccc(CCNC[C@H](O)c3ccccc3)cc2)cc1C1CCCC1.Cl. The highest BCUT2D eigenvalue weighted by Gasteiger charge is 2.24. The van der Waals surface area contributed by atoms with Crippen molar-refractivity contribution in [2.45, 2.75) is 44.1 Å². The Morgan fingerprint density at radius 3 is 2.27 bits per heavy atom. The first-order chi connectivity index (χ1) is 17.3. The van der Waals surface area contributed by atoms with E-state index >= 15 is 0 Å². The molecule has 4 rings (SSSR count). The van der Waals surface area contributed by atoms with E-state index in [2.05, 4.69) is 40.4 Å². The average molecular weight is 543 g/mol. The van der Waals surface area contributed by atoms with E-state index in [-0.39, 0.29) is 18.3 Å². The summed E-state index contributed by atoms with van der Waals surface area (Å²) in [5, 5.41) is 13.6. The molecule has 1 aliphatic rings. The van der Waals surface area contributed by atoms with Crippen molar-refractivity contribution in [2.75, 3.05) is 19.3 Å². The van der Waals surface area contributed by atoms with E-state index in [9.17, 15) is 18.3 Å². The molecule has 1 fully saturated rings. The maximum absolute atomic E-state index is 12.7. The normalized spacial score (nSPS) is 14.6. The molecule has 1 aliphatic carbocycles. The number of halogens is 1. The molecule has 3 aromatic carbocycles. The van der Waals surface area contributed by atoms with Gasteiger partial charge in [0.05, 0.1) is 12.4 Å². The summed E-state index contributed by atoms with van der Waals surface area (Å²) in [6.45, 7) is 1.27. The maximum atomic E-state index is 12.7. The molecule has 3 N–H and O–H groups in total. The molecule has 1 atom stereocenters. The molecule has 0 radical (unpaired) electrons. The molecule has 0 saturated heterocycles. The van der Waals surface area contributed by atoms with Gasteiger partial charge in [-0.25, -0.2) is 13.1 Å². The number of carbonyl (C=O) groups is 1. The largest absolute Gasteiger partial charge is 0.387 e. The van der Waals surface area contributed by atoms with E-state index in [1.165, 1.54) is 5.56 Å². The molecule has 1 amide bonds. The Morgan fingerprint density at radius 1 is 0.973 bits per heavy atom. The number of nitrogens with one attached hydrogen (secondary N) is 2. The Kier molecular flexibility index (Phi) is 10.3. The molecule has 1 saturated carbocycles. The van der Waals surface area contributed by atoms with E-state index in [4.69, 9.17) is 0 Å². The fraction of sp³-hybridized carbons (Fsp3) is 0.345. The van der Waals surface area contributed by atoms with Crippen molar-refractivity contribution >= 4 is 28.3 Å². The van der Waals surface area contributed by atoms with Gasteiger partial charge in [-0.3, -0.25) is 4.79 Å². The van der Waals surface area contributed by atoms with Gasteiger partial charge in [0.15, 0.2) is 0 Å². The minimum absolute atomic E-state index is 0. The third-order valence-electron chi connectivity index (χ3n) is 6.77. The quantitative estimate of drug-likeness (QED) is 0.314. The summed E-state index contributed by atoms with van der Waals surface area (Å²) in [5.74, 6) is -0.298. The summed E-state index contributed by atoms with van der Waals surface area (Å²) >= 11 is 0. The van der Waals surface area contributed by atoms with Crippen LogP contribution in [0.3, 0.4) is 0 Å². The molecule has 3 aromatic rings. The predicted octanol–water partition coefficient (Wildman–Crippen LogP) is 4.99. The minimum Gasteiger partial charge on any atom is -0.387 e. The van der Waals surface area contributed by atoms with Crippen LogP contribution in [0.1, 0.15) is 64.8 Å². The lowest BCUT2D eigenvalue weighted by Crippen LogP contribution is -2.30. The number of rotatable bonds is 10. The minimum atomic E-state index is -3.63. The van der Waals surface area contributed by atoms with Crippen LogP contribution >= 0.6 is 12.4 Å². The van der Waals surface area contributed by atoms with Crippen LogP contribution in [-0.2, 0) is 16.4 Å². The molecule has 6 nitrogen and oxygen atoms in total. The Labute approximate surface area is 226 Å². The molecule has 0 bridgehead atoms. The Balaban J connectivity index is 0.00000380. The maximum Gasteiger partial charge on any atom is 0.265 e. The molecule has 198 valence electrons. The Hall–Kier alpha value is -2.71. The van der Waals surface area contributed by atoms with Gasteiger partial charge in [-0.1, -0.05) is 79.6 Å². The topological polar surface area (TPSA) is 95.5 Å². The monoisotopic (exact) mass is 542 g/mol.